The molecule has 19 heavy (non-hydrogen) atoms. The van der Waals surface area contributed by atoms with Crippen LogP contribution in [0, 0.1) is 11.8 Å². The largest absolute Gasteiger partial charge is 0.481 e. The van der Waals surface area contributed by atoms with E-state index in [1.807, 2.05) is 6.92 Å². The topological polar surface area (TPSA) is 40.5 Å². The van der Waals surface area contributed by atoms with Gasteiger partial charge in [0.1, 0.15) is 0 Å². The van der Waals surface area contributed by atoms with Crippen molar-refractivity contribution in [1.82, 2.24) is 4.90 Å². The number of hydrogen-bond donors (Lipinski definition) is 1. The van der Waals surface area contributed by atoms with E-state index in [1.54, 1.807) is 11.8 Å². The molecule has 2 unspecified atom stereocenters. The molecule has 0 amide bonds. The third kappa shape index (κ3) is 3.12. The van der Waals surface area contributed by atoms with E-state index in [0.717, 1.165) is 13.1 Å². The Bertz CT molecular complexity index is 440. The Hall–Kier alpha value is -1.00. The zero-order chi connectivity index (χ0) is 14.0. The van der Waals surface area contributed by atoms with Gasteiger partial charge in [-0.1, -0.05) is 19.1 Å². The highest BCUT2D eigenvalue weighted by atomic mass is 32.2. The van der Waals surface area contributed by atoms with Crippen molar-refractivity contribution in [3.05, 3.63) is 29.8 Å². The number of carboxylic acid groups (broad SMARTS) is 1. The zero-order valence-electron chi connectivity index (χ0n) is 11.7. The van der Waals surface area contributed by atoms with Crippen LogP contribution in [0.4, 0.5) is 0 Å². The summed E-state index contributed by atoms with van der Waals surface area (Å²) in [5.41, 5.74) is 1.30. The van der Waals surface area contributed by atoms with Gasteiger partial charge in [-0.05, 0) is 36.8 Å². The number of carboxylic acids is 1. The summed E-state index contributed by atoms with van der Waals surface area (Å²) < 4.78 is 0. The molecule has 1 N–H and O–H groups in total. The fourth-order valence-corrected chi connectivity index (χ4v) is 2.88. The molecule has 3 nitrogen and oxygen atoms in total. The van der Waals surface area contributed by atoms with Crippen molar-refractivity contribution in [2.24, 2.45) is 11.8 Å². The smallest absolute Gasteiger partial charge is 0.306 e. The van der Waals surface area contributed by atoms with Crippen molar-refractivity contribution in [2.45, 2.75) is 24.8 Å². The van der Waals surface area contributed by atoms with Crippen molar-refractivity contribution in [1.29, 1.82) is 0 Å². The Kier molecular flexibility index (Phi) is 4.53. The number of hydrogen-bond acceptors (Lipinski definition) is 3. The summed E-state index contributed by atoms with van der Waals surface area (Å²) in [4.78, 5) is 14.6. The Labute approximate surface area is 119 Å². The van der Waals surface area contributed by atoms with Crippen LogP contribution in [0.25, 0.3) is 0 Å². The third-order valence-electron chi connectivity index (χ3n) is 4.18. The molecule has 1 aliphatic heterocycles. The number of thioether (sulfide) groups is 1. The Balaban J connectivity index is 1.92. The molecular formula is C15H21NO2S. The van der Waals surface area contributed by atoms with Crippen LogP contribution in [0.15, 0.2) is 29.2 Å². The van der Waals surface area contributed by atoms with Crippen molar-refractivity contribution in [3.8, 4) is 0 Å². The lowest BCUT2D eigenvalue weighted by Crippen LogP contribution is -2.51. The second-order valence-electron chi connectivity index (χ2n) is 5.29. The molecule has 4 heteroatoms. The van der Waals surface area contributed by atoms with Crippen LogP contribution in [-0.2, 0) is 4.79 Å². The quantitative estimate of drug-likeness (QED) is 0.841. The zero-order valence-corrected chi connectivity index (χ0v) is 12.5. The summed E-state index contributed by atoms with van der Waals surface area (Å²) >= 11 is 1.75. The Morgan fingerprint density at radius 1 is 1.32 bits per heavy atom. The highest BCUT2D eigenvalue weighted by Crippen LogP contribution is 2.32. The minimum Gasteiger partial charge on any atom is -0.481 e. The fraction of sp³-hybridized carbons (Fsp3) is 0.533. The number of aliphatic carboxylic acids is 1. The maximum Gasteiger partial charge on any atom is 0.306 e. The first-order valence-electron chi connectivity index (χ1n) is 6.63. The van der Waals surface area contributed by atoms with Gasteiger partial charge in [-0.2, -0.15) is 0 Å². The van der Waals surface area contributed by atoms with Gasteiger partial charge in [-0.3, -0.25) is 9.69 Å². The van der Waals surface area contributed by atoms with Crippen LogP contribution in [0.1, 0.15) is 25.5 Å². The summed E-state index contributed by atoms with van der Waals surface area (Å²) in [5, 5.41) is 9.00. The van der Waals surface area contributed by atoms with E-state index in [0.29, 0.717) is 12.0 Å². The summed E-state index contributed by atoms with van der Waals surface area (Å²) in [7, 11) is 0. The van der Waals surface area contributed by atoms with E-state index in [2.05, 4.69) is 42.3 Å². The first kappa shape index (κ1) is 14.4. The van der Waals surface area contributed by atoms with E-state index in [4.69, 9.17) is 5.11 Å². The van der Waals surface area contributed by atoms with Gasteiger partial charge >= 0.3 is 5.97 Å². The first-order valence-corrected chi connectivity index (χ1v) is 7.86. The van der Waals surface area contributed by atoms with Gasteiger partial charge in [0.2, 0.25) is 0 Å². The van der Waals surface area contributed by atoms with Gasteiger partial charge in [0.15, 0.2) is 0 Å². The lowest BCUT2D eigenvalue weighted by atomic mass is 9.85. The Morgan fingerprint density at radius 3 is 2.37 bits per heavy atom. The lowest BCUT2D eigenvalue weighted by molar-refractivity contribution is -0.146. The minimum absolute atomic E-state index is 0.234. The second kappa shape index (κ2) is 5.97. The molecule has 1 aromatic rings. The molecule has 0 bridgehead atoms. The normalized spacial score (nSPS) is 19.7. The number of rotatable bonds is 5. The van der Waals surface area contributed by atoms with E-state index >= 15 is 0 Å². The fourth-order valence-electron chi connectivity index (χ4n) is 2.48. The predicted octanol–water partition coefficient (Wildman–Crippen LogP) is 3.12. The summed E-state index contributed by atoms with van der Waals surface area (Å²) in [6.45, 7) is 5.77. The molecule has 0 radical (unpaired) electrons. The first-order chi connectivity index (χ1) is 9.02. The molecule has 1 aliphatic rings. The van der Waals surface area contributed by atoms with E-state index in [9.17, 15) is 4.79 Å². The lowest BCUT2D eigenvalue weighted by Gasteiger charge is -2.45. The molecule has 1 saturated heterocycles. The highest BCUT2D eigenvalue weighted by molar-refractivity contribution is 7.98. The van der Waals surface area contributed by atoms with Crippen LogP contribution in [0.3, 0.4) is 0 Å². The molecule has 0 aromatic heterocycles. The number of likely N-dealkylation sites (tertiary alicyclic amines) is 1. The maximum atomic E-state index is 10.9. The van der Waals surface area contributed by atoms with Crippen LogP contribution < -0.4 is 0 Å². The number of benzene rings is 1. The van der Waals surface area contributed by atoms with Gasteiger partial charge < -0.3 is 5.11 Å². The number of nitrogens with zero attached hydrogens (tertiary/aromatic N) is 1. The highest BCUT2D eigenvalue weighted by Gasteiger charge is 2.36. The van der Waals surface area contributed by atoms with Gasteiger partial charge in [0.25, 0.3) is 0 Å². The van der Waals surface area contributed by atoms with Crippen molar-refractivity contribution in [3.63, 3.8) is 0 Å². The second-order valence-corrected chi connectivity index (χ2v) is 6.17. The minimum atomic E-state index is -0.679. The van der Waals surface area contributed by atoms with E-state index in [1.165, 1.54) is 10.5 Å². The van der Waals surface area contributed by atoms with Gasteiger partial charge in [0, 0.05) is 24.0 Å². The molecule has 2 atom stereocenters. The van der Waals surface area contributed by atoms with E-state index < -0.39 is 5.97 Å². The molecule has 1 aromatic carbocycles. The van der Waals surface area contributed by atoms with Crippen molar-refractivity contribution in [2.75, 3.05) is 19.3 Å². The molecular weight excluding hydrogens is 258 g/mol. The SMILES string of the molecule is CSc1ccc(C(C)N2CC(C(C)C(=O)O)C2)cc1. The number of carbonyl (C=O) groups is 1. The van der Waals surface area contributed by atoms with Crippen molar-refractivity contribution >= 4 is 17.7 Å². The average molecular weight is 279 g/mol. The molecule has 0 aliphatic carbocycles. The van der Waals surface area contributed by atoms with Crippen LogP contribution in [0.5, 0.6) is 0 Å². The molecule has 1 fully saturated rings. The van der Waals surface area contributed by atoms with Crippen molar-refractivity contribution < 1.29 is 9.90 Å². The Morgan fingerprint density at radius 2 is 1.89 bits per heavy atom. The van der Waals surface area contributed by atoms with Crippen LogP contribution in [-0.4, -0.2) is 35.3 Å². The summed E-state index contributed by atoms with van der Waals surface area (Å²) in [6, 6.07) is 9.00. The molecule has 0 spiro atoms. The maximum absolute atomic E-state index is 10.9. The molecule has 0 saturated carbocycles. The average Bonchev–Trinajstić information content (AvgIpc) is 2.36. The monoisotopic (exact) mass is 279 g/mol. The molecule has 1 heterocycles. The van der Waals surface area contributed by atoms with Gasteiger partial charge in [-0.25, -0.2) is 0 Å². The summed E-state index contributed by atoms with van der Waals surface area (Å²) in [6.07, 6.45) is 2.08. The molecule has 2 rings (SSSR count). The van der Waals surface area contributed by atoms with E-state index in [-0.39, 0.29) is 5.92 Å². The standard InChI is InChI=1S/C15H21NO2S/c1-10(15(17)18)13-8-16(9-13)11(2)12-4-6-14(19-3)7-5-12/h4-7,10-11,13H,8-9H2,1-3H3,(H,17,18). The van der Waals surface area contributed by atoms with Gasteiger partial charge in [-0.15, -0.1) is 11.8 Å². The van der Waals surface area contributed by atoms with Crippen LogP contribution >= 0.6 is 11.8 Å². The van der Waals surface area contributed by atoms with Crippen LogP contribution in [0.2, 0.25) is 0 Å². The van der Waals surface area contributed by atoms with Gasteiger partial charge in [0.05, 0.1) is 5.92 Å². The predicted molar refractivity (Wildman–Crippen MR) is 78.5 cm³/mol. The molecule has 104 valence electrons. The third-order valence-corrected chi connectivity index (χ3v) is 4.92. The summed E-state index contributed by atoms with van der Waals surface area (Å²) in [5.74, 6) is -0.616.